The number of hydrogen-bond acceptors (Lipinski definition) is 5. The lowest BCUT2D eigenvalue weighted by Crippen LogP contribution is -2.48. The molecule has 0 bridgehead atoms. The minimum atomic E-state index is -3.41. The van der Waals surface area contributed by atoms with E-state index < -0.39 is 10.0 Å². The first-order chi connectivity index (χ1) is 11.9. The third-order valence-electron chi connectivity index (χ3n) is 4.24. The molecule has 2 aromatic rings. The molecule has 8 heteroatoms. The van der Waals surface area contributed by atoms with Crippen LogP contribution in [0, 0.1) is 0 Å². The molecule has 0 amide bonds. The fourth-order valence-corrected chi connectivity index (χ4v) is 4.44. The second-order valence-corrected chi connectivity index (χ2v) is 8.05. The van der Waals surface area contributed by atoms with Crippen molar-refractivity contribution in [2.24, 2.45) is 7.05 Å². The molecule has 3 rings (SSSR count). The van der Waals surface area contributed by atoms with Crippen LogP contribution in [0.15, 0.2) is 47.3 Å². The smallest absolute Gasteiger partial charge is 0.266 e. The Bertz CT molecular complexity index is 880. The molecule has 1 aromatic heterocycles. The number of hydrogen-bond donors (Lipinski definition) is 1. The SMILES string of the molecule is Cn1nc(N2CCCC(NS(=O)(=O)Cc3ccccc3)C2)ccc1=O. The van der Waals surface area contributed by atoms with Crippen LogP contribution in [0.4, 0.5) is 5.82 Å². The number of benzene rings is 1. The van der Waals surface area contributed by atoms with Gasteiger partial charge in [-0.2, -0.15) is 5.10 Å². The molecular formula is C17H22N4O3S. The summed E-state index contributed by atoms with van der Waals surface area (Å²) in [5, 5.41) is 4.25. The van der Waals surface area contributed by atoms with Gasteiger partial charge in [-0.1, -0.05) is 30.3 Å². The van der Waals surface area contributed by atoms with Gasteiger partial charge < -0.3 is 4.90 Å². The minimum Gasteiger partial charge on any atom is -0.354 e. The van der Waals surface area contributed by atoms with Gasteiger partial charge in [0.2, 0.25) is 10.0 Å². The van der Waals surface area contributed by atoms with E-state index in [1.165, 1.54) is 10.7 Å². The van der Waals surface area contributed by atoms with E-state index in [1.54, 1.807) is 25.2 Å². The molecule has 2 heterocycles. The Morgan fingerprint density at radius 1 is 1.20 bits per heavy atom. The predicted molar refractivity (Wildman–Crippen MR) is 96.9 cm³/mol. The number of aryl methyl sites for hydroxylation is 1. The molecule has 0 aliphatic carbocycles. The highest BCUT2D eigenvalue weighted by Gasteiger charge is 2.25. The number of rotatable bonds is 5. The van der Waals surface area contributed by atoms with Crippen molar-refractivity contribution < 1.29 is 8.42 Å². The first kappa shape index (κ1) is 17.6. The third-order valence-corrected chi connectivity index (χ3v) is 5.64. The summed E-state index contributed by atoms with van der Waals surface area (Å²) in [7, 11) is -1.80. The normalized spacial score (nSPS) is 18.3. The summed E-state index contributed by atoms with van der Waals surface area (Å²) >= 11 is 0. The second kappa shape index (κ2) is 7.37. The van der Waals surface area contributed by atoms with E-state index in [1.807, 2.05) is 23.1 Å². The van der Waals surface area contributed by atoms with E-state index in [9.17, 15) is 13.2 Å². The summed E-state index contributed by atoms with van der Waals surface area (Å²) in [5.74, 6) is 0.664. The molecule has 1 atom stereocenters. The van der Waals surface area contributed by atoms with E-state index in [0.717, 1.165) is 24.9 Å². The van der Waals surface area contributed by atoms with Gasteiger partial charge in [0.15, 0.2) is 0 Å². The number of sulfonamides is 1. The molecule has 0 saturated carbocycles. The molecule has 0 spiro atoms. The zero-order valence-electron chi connectivity index (χ0n) is 14.1. The summed E-state index contributed by atoms with van der Waals surface area (Å²) in [6, 6.07) is 12.1. The molecule has 1 fully saturated rings. The van der Waals surface area contributed by atoms with Crippen LogP contribution in [-0.4, -0.2) is 37.3 Å². The van der Waals surface area contributed by atoms with E-state index in [4.69, 9.17) is 0 Å². The summed E-state index contributed by atoms with van der Waals surface area (Å²) in [4.78, 5) is 13.5. The zero-order valence-corrected chi connectivity index (χ0v) is 14.9. The van der Waals surface area contributed by atoms with Crippen molar-refractivity contribution in [3.05, 3.63) is 58.4 Å². The van der Waals surface area contributed by atoms with E-state index in [0.29, 0.717) is 12.4 Å². The lowest BCUT2D eigenvalue weighted by atomic mass is 10.1. The van der Waals surface area contributed by atoms with Crippen LogP contribution in [0.3, 0.4) is 0 Å². The molecule has 7 nitrogen and oxygen atoms in total. The van der Waals surface area contributed by atoms with Crippen LogP contribution >= 0.6 is 0 Å². The van der Waals surface area contributed by atoms with Gasteiger partial charge in [0.1, 0.15) is 5.82 Å². The molecule has 1 N–H and O–H groups in total. The molecule has 0 radical (unpaired) electrons. The molecule has 25 heavy (non-hydrogen) atoms. The maximum atomic E-state index is 12.4. The first-order valence-corrected chi connectivity index (χ1v) is 9.91. The molecule has 1 aromatic carbocycles. The number of anilines is 1. The van der Waals surface area contributed by atoms with Crippen molar-refractivity contribution >= 4 is 15.8 Å². The highest BCUT2D eigenvalue weighted by molar-refractivity contribution is 7.88. The van der Waals surface area contributed by atoms with Crippen LogP contribution in [0.25, 0.3) is 0 Å². The fourth-order valence-electron chi connectivity index (χ4n) is 3.03. The van der Waals surface area contributed by atoms with Gasteiger partial charge in [0, 0.05) is 32.2 Å². The second-order valence-electron chi connectivity index (χ2n) is 6.30. The van der Waals surface area contributed by atoms with Crippen molar-refractivity contribution in [3.8, 4) is 0 Å². The van der Waals surface area contributed by atoms with Crippen molar-refractivity contribution in [1.82, 2.24) is 14.5 Å². The van der Waals surface area contributed by atoms with Gasteiger partial charge in [-0.3, -0.25) is 4.79 Å². The van der Waals surface area contributed by atoms with Gasteiger partial charge in [0.05, 0.1) is 5.75 Å². The summed E-state index contributed by atoms with van der Waals surface area (Å²) in [5.41, 5.74) is 0.600. The van der Waals surface area contributed by atoms with Crippen LogP contribution in [0.1, 0.15) is 18.4 Å². The standard InChI is InChI=1S/C17H22N4O3S/c1-20-17(22)10-9-16(18-20)21-11-5-8-15(12-21)19-25(23,24)13-14-6-3-2-4-7-14/h2-4,6-7,9-10,15,19H,5,8,11-13H2,1H3. The van der Waals surface area contributed by atoms with Gasteiger partial charge >= 0.3 is 0 Å². The lowest BCUT2D eigenvalue weighted by molar-refractivity contribution is 0.461. The highest BCUT2D eigenvalue weighted by atomic mass is 32.2. The number of piperidine rings is 1. The quantitative estimate of drug-likeness (QED) is 0.853. The first-order valence-electron chi connectivity index (χ1n) is 8.26. The Morgan fingerprint density at radius 3 is 2.68 bits per heavy atom. The van der Waals surface area contributed by atoms with Crippen molar-refractivity contribution in [1.29, 1.82) is 0 Å². The molecule has 1 unspecified atom stereocenters. The Balaban J connectivity index is 1.66. The van der Waals surface area contributed by atoms with Crippen LogP contribution < -0.4 is 15.2 Å². The third kappa shape index (κ3) is 4.67. The minimum absolute atomic E-state index is 0.0254. The number of nitrogens with one attached hydrogen (secondary N) is 1. The fraction of sp³-hybridized carbons (Fsp3) is 0.412. The molecule has 1 saturated heterocycles. The summed E-state index contributed by atoms with van der Waals surface area (Å²) in [6.07, 6.45) is 1.65. The average Bonchev–Trinajstić information content (AvgIpc) is 2.57. The van der Waals surface area contributed by atoms with E-state index in [-0.39, 0.29) is 17.4 Å². The van der Waals surface area contributed by atoms with Crippen LogP contribution in [0.2, 0.25) is 0 Å². The van der Waals surface area contributed by atoms with E-state index >= 15 is 0 Å². The molecule has 1 aliphatic rings. The van der Waals surface area contributed by atoms with Gasteiger partial charge in [-0.05, 0) is 24.5 Å². The lowest BCUT2D eigenvalue weighted by Gasteiger charge is -2.33. The number of aromatic nitrogens is 2. The van der Waals surface area contributed by atoms with Crippen molar-refractivity contribution in [2.45, 2.75) is 24.6 Å². The number of nitrogens with zero attached hydrogens (tertiary/aromatic N) is 3. The van der Waals surface area contributed by atoms with Crippen LogP contribution in [0.5, 0.6) is 0 Å². The van der Waals surface area contributed by atoms with Crippen LogP contribution in [-0.2, 0) is 22.8 Å². The maximum Gasteiger partial charge on any atom is 0.266 e. The summed E-state index contributed by atoms with van der Waals surface area (Å²) < 4.78 is 28.9. The largest absolute Gasteiger partial charge is 0.354 e. The predicted octanol–water partition coefficient (Wildman–Crippen LogP) is 0.869. The molecular weight excluding hydrogens is 340 g/mol. The summed E-state index contributed by atoms with van der Waals surface area (Å²) in [6.45, 7) is 1.33. The maximum absolute atomic E-state index is 12.4. The topological polar surface area (TPSA) is 84.3 Å². The van der Waals surface area contributed by atoms with E-state index in [2.05, 4.69) is 9.82 Å². The average molecular weight is 362 g/mol. The molecule has 1 aliphatic heterocycles. The Hall–Kier alpha value is -2.19. The van der Waals surface area contributed by atoms with Crippen molar-refractivity contribution in [2.75, 3.05) is 18.0 Å². The van der Waals surface area contributed by atoms with Crippen molar-refractivity contribution in [3.63, 3.8) is 0 Å². The molecule has 134 valence electrons. The Kier molecular flexibility index (Phi) is 5.19. The Labute approximate surface area is 147 Å². The van der Waals surface area contributed by atoms with Gasteiger partial charge in [-0.25, -0.2) is 17.8 Å². The highest BCUT2D eigenvalue weighted by Crippen LogP contribution is 2.17. The monoisotopic (exact) mass is 362 g/mol. The van der Waals surface area contributed by atoms with Gasteiger partial charge in [-0.15, -0.1) is 0 Å². The Morgan fingerprint density at radius 2 is 1.96 bits per heavy atom. The van der Waals surface area contributed by atoms with Gasteiger partial charge in [0.25, 0.3) is 5.56 Å². The zero-order chi connectivity index (χ0) is 17.9.